The fraction of sp³-hybridized carbons (Fsp3) is 0.316. The molecule has 0 aliphatic carbocycles. The molecule has 8 heteroatoms. The Bertz CT molecular complexity index is 853. The summed E-state index contributed by atoms with van der Waals surface area (Å²) in [6.07, 6.45) is 5.47. The van der Waals surface area contributed by atoms with Crippen molar-refractivity contribution in [3.05, 3.63) is 47.8 Å². The van der Waals surface area contributed by atoms with Crippen LogP contribution in [0.2, 0.25) is 0 Å². The minimum absolute atomic E-state index is 0. The number of fused-ring (bicyclic) bond motifs is 1. The lowest BCUT2D eigenvalue weighted by atomic mass is 9.99. The first-order valence-electron chi connectivity index (χ1n) is 8.70. The predicted octanol–water partition coefficient (Wildman–Crippen LogP) is 2.24. The quantitative estimate of drug-likeness (QED) is 0.747. The summed E-state index contributed by atoms with van der Waals surface area (Å²) < 4.78 is 5.38. The average molecular weight is 389 g/mol. The second-order valence-electron chi connectivity index (χ2n) is 6.65. The molecular formula is C19H21ClN4O3. The molecule has 1 atom stereocenters. The van der Waals surface area contributed by atoms with Crippen LogP contribution in [0.25, 0.3) is 0 Å². The molecule has 2 aromatic rings. The van der Waals surface area contributed by atoms with E-state index in [9.17, 15) is 9.59 Å². The molecule has 2 aliphatic rings. The van der Waals surface area contributed by atoms with Crippen molar-refractivity contribution in [2.24, 2.45) is 5.92 Å². The first-order valence-corrected chi connectivity index (χ1v) is 8.70. The van der Waals surface area contributed by atoms with Gasteiger partial charge in [-0.25, -0.2) is 0 Å². The Labute approximate surface area is 163 Å². The van der Waals surface area contributed by atoms with Gasteiger partial charge in [-0.05, 0) is 55.6 Å². The van der Waals surface area contributed by atoms with Crippen molar-refractivity contribution >= 4 is 35.6 Å². The molecule has 3 heterocycles. The molecule has 1 unspecified atom stereocenters. The van der Waals surface area contributed by atoms with Crippen molar-refractivity contribution in [1.82, 2.24) is 10.3 Å². The van der Waals surface area contributed by atoms with E-state index in [2.05, 4.69) is 20.9 Å². The number of carbonyl (C=O) groups excluding carboxylic acids is 2. The Hall–Kier alpha value is -2.64. The number of benzene rings is 1. The summed E-state index contributed by atoms with van der Waals surface area (Å²) in [5, 5.41) is 8.93. The fourth-order valence-electron chi connectivity index (χ4n) is 3.30. The maximum Gasteiger partial charge on any atom is 0.262 e. The number of pyridine rings is 1. The van der Waals surface area contributed by atoms with Crippen LogP contribution in [-0.4, -0.2) is 36.5 Å². The maximum absolute atomic E-state index is 12.5. The van der Waals surface area contributed by atoms with E-state index in [-0.39, 0.29) is 30.8 Å². The standard InChI is InChI=1S/C19H20N4O3.ClH/c24-18-11-26-17-7-15(1-2-16(17)23-18)22-19(25)14-6-13(9-21-10-14)5-12-3-4-20-8-12;/h1-2,6-7,9-10,12,20H,3-5,8,11H2,(H,22,25)(H,23,24);1H. The number of ether oxygens (including phenoxy) is 1. The van der Waals surface area contributed by atoms with E-state index in [1.54, 1.807) is 24.4 Å². The highest BCUT2D eigenvalue weighted by Crippen LogP contribution is 2.30. The monoisotopic (exact) mass is 388 g/mol. The summed E-state index contributed by atoms with van der Waals surface area (Å²) >= 11 is 0. The van der Waals surface area contributed by atoms with Gasteiger partial charge in [-0.3, -0.25) is 14.6 Å². The number of nitrogens with one attached hydrogen (secondary N) is 3. The van der Waals surface area contributed by atoms with Crippen molar-refractivity contribution in [1.29, 1.82) is 0 Å². The minimum Gasteiger partial charge on any atom is -0.482 e. The number of halogens is 1. The molecule has 0 radical (unpaired) electrons. The van der Waals surface area contributed by atoms with E-state index in [4.69, 9.17) is 4.74 Å². The number of nitrogens with zero attached hydrogens (tertiary/aromatic N) is 1. The first kappa shape index (κ1) is 19.1. The molecule has 7 nitrogen and oxygen atoms in total. The molecule has 2 amide bonds. The zero-order chi connectivity index (χ0) is 17.9. The summed E-state index contributed by atoms with van der Waals surface area (Å²) in [6, 6.07) is 7.04. The molecule has 0 saturated carbocycles. The van der Waals surface area contributed by atoms with Crippen LogP contribution in [0.5, 0.6) is 5.75 Å². The van der Waals surface area contributed by atoms with Crippen LogP contribution in [0.15, 0.2) is 36.7 Å². The first-order chi connectivity index (χ1) is 12.7. The van der Waals surface area contributed by atoms with Gasteiger partial charge < -0.3 is 20.7 Å². The van der Waals surface area contributed by atoms with Gasteiger partial charge in [0.15, 0.2) is 6.61 Å². The molecule has 1 aromatic carbocycles. The summed E-state index contributed by atoms with van der Waals surface area (Å²) in [4.78, 5) is 28.1. The Morgan fingerprint density at radius 2 is 2.19 bits per heavy atom. The molecule has 4 rings (SSSR count). The summed E-state index contributed by atoms with van der Waals surface area (Å²) in [5.41, 5.74) is 2.81. The Balaban J connectivity index is 0.00000210. The molecule has 0 spiro atoms. The zero-order valence-electron chi connectivity index (χ0n) is 14.7. The van der Waals surface area contributed by atoms with Crippen molar-refractivity contribution in [3.8, 4) is 5.75 Å². The van der Waals surface area contributed by atoms with Crippen LogP contribution < -0.4 is 20.7 Å². The lowest BCUT2D eigenvalue weighted by Crippen LogP contribution is -2.25. The molecule has 3 N–H and O–H groups in total. The van der Waals surface area contributed by atoms with Crippen LogP contribution in [0, 0.1) is 5.92 Å². The Morgan fingerprint density at radius 1 is 1.30 bits per heavy atom. The molecule has 142 valence electrons. The van der Waals surface area contributed by atoms with Gasteiger partial charge in [0.1, 0.15) is 5.75 Å². The number of amides is 2. The van der Waals surface area contributed by atoms with Crippen LogP contribution in [0.1, 0.15) is 22.3 Å². The van der Waals surface area contributed by atoms with E-state index >= 15 is 0 Å². The second-order valence-corrected chi connectivity index (χ2v) is 6.65. The van der Waals surface area contributed by atoms with Crippen molar-refractivity contribution in [3.63, 3.8) is 0 Å². The predicted molar refractivity (Wildman–Crippen MR) is 105 cm³/mol. The highest BCUT2D eigenvalue weighted by Gasteiger charge is 2.18. The largest absolute Gasteiger partial charge is 0.482 e. The van der Waals surface area contributed by atoms with Crippen molar-refractivity contribution in [2.75, 3.05) is 30.3 Å². The maximum atomic E-state index is 12.5. The zero-order valence-corrected chi connectivity index (χ0v) is 15.5. The SMILES string of the molecule is Cl.O=C1COc2cc(NC(=O)c3cncc(CC4CCNC4)c3)ccc2N1. The topological polar surface area (TPSA) is 92.3 Å². The number of rotatable bonds is 4. The number of aromatic nitrogens is 1. The lowest BCUT2D eigenvalue weighted by Gasteiger charge is -2.18. The van der Waals surface area contributed by atoms with Gasteiger partial charge in [-0.1, -0.05) is 0 Å². The average Bonchev–Trinajstić information content (AvgIpc) is 3.15. The summed E-state index contributed by atoms with van der Waals surface area (Å²) in [7, 11) is 0. The van der Waals surface area contributed by atoms with Gasteiger partial charge in [0.05, 0.1) is 11.3 Å². The minimum atomic E-state index is -0.219. The normalized spacial score (nSPS) is 17.9. The van der Waals surface area contributed by atoms with Gasteiger partial charge in [-0.2, -0.15) is 0 Å². The number of carbonyl (C=O) groups is 2. The smallest absolute Gasteiger partial charge is 0.262 e. The van der Waals surface area contributed by atoms with E-state index in [0.717, 1.165) is 31.5 Å². The Kier molecular flexibility index (Phi) is 5.93. The number of anilines is 2. The van der Waals surface area contributed by atoms with E-state index in [0.29, 0.717) is 28.6 Å². The highest BCUT2D eigenvalue weighted by atomic mass is 35.5. The molecule has 1 aromatic heterocycles. The molecule has 0 bridgehead atoms. The number of hydrogen-bond donors (Lipinski definition) is 3. The molecule has 27 heavy (non-hydrogen) atoms. The van der Waals surface area contributed by atoms with Crippen molar-refractivity contribution in [2.45, 2.75) is 12.8 Å². The van der Waals surface area contributed by atoms with Gasteiger partial charge in [0.25, 0.3) is 11.8 Å². The van der Waals surface area contributed by atoms with E-state index in [1.807, 2.05) is 12.3 Å². The van der Waals surface area contributed by atoms with Gasteiger partial charge in [0, 0.05) is 24.1 Å². The Morgan fingerprint density at radius 3 is 3.00 bits per heavy atom. The third kappa shape index (κ3) is 4.56. The third-order valence-corrected chi connectivity index (χ3v) is 4.62. The highest BCUT2D eigenvalue weighted by molar-refractivity contribution is 6.04. The molecular weight excluding hydrogens is 368 g/mol. The second kappa shape index (κ2) is 8.37. The fourth-order valence-corrected chi connectivity index (χ4v) is 3.30. The van der Waals surface area contributed by atoms with Crippen molar-refractivity contribution < 1.29 is 14.3 Å². The van der Waals surface area contributed by atoms with E-state index in [1.165, 1.54) is 0 Å². The molecule has 2 aliphatic heterocycles. The molecule has 1 saturated heterocycles. The van der Waals surface area contributed by atoms with Crippen LogP contribution in [0.3, 0.4) is 0 Å². The van der Waals surface area contributed by atoms with Gasteiger partial charge in [-0.15, -0.1) is 12.4 Å². The van der Waals surface area contributed by atoms with E-state index < -0.39 is 0 Å². The van der Waals surface area contributed by atoms with Crippen LogP contribution in [-0.2, 0) is 11.2 Å². The summed E-state index contributed by atoms with van der Waals surface area (Å²) in [6.45, 7) is 2.05. The van der Waals surface area contributed by atoms with Crippen LogP contribution in [0.4, 0.5) is 11.4 Å². The van der Waals surface area contributed by atoms with Gasteiger partial charge >= 0.3 is 0 Å². The molecule has 1 fully saturated rings. The van der Waals surface area contributed by atoms with Crippen LogP contribution >= 0.6 is 12.4 Å². The van der Waals surface area contributed by atoms with Gasteiger partial charge in [0.2, 0.25) is 0 Å². The lowest BCUT2D eigenvalue weighted by molar-refractivity contribution is -0.118. The number of hydrogen-bond acceptors (Lipinski definition) is 5. The third-order valence-electron chi connectivity index (χ3n) is 4.62. The summed E-state index contributed by atoms with van der Waals surface area (Å²) in [5.74, 6) is 0.740.